The zero-order valence-corrected chi connectivity index (χ0v) is 13.1. The topological polar surface area (TPSA) is 162 Å². The van der Waals surface area contributed by atoms with Gasteiger partial charge in [0.15, 0.2) is 0 Å². The van der Waals surface area contributed by atoms with Crippen molar-refractivity contribution < 1.29 is 38.6 Å². The fourth-order valence-electron chi connectivity index (χ4n) is 1.92. The van der Waals surface area contributed by atoms with E-state index in [4.69, 9.17) is 15.4 Å². The Labute approximate surface area is 125 Å². The number of hydrogen-bond acceptors (Lipinski definition) is 7. The van der Waals surface area contributed by atoms with Crippen molar-refractivity contribution in [1.29, 1.82) is 0 Å². The summed E-state index contributed by atoms with van der Waals surface area (Å²) in [5, 5.41) is 19.7. The molecule has 2 rings (SSSR count). The van der Waals surface area contributed by atoms with E-state index in [0.29, 0.717) is 10.0 Å². The summed E-state index contributed by atoms with van der Waals surface area (Å²) in [6, 6.07) is 1.48. The van der Waals surface area contributed by atoms with E-state index in [0.717, 1.165) is 0 Å². The maximum atomic E-state index is 11.0. The van der Waals surface area contributed by atoms with Crippen molar-refractivity contribution in [2.75, 3.05) is 6.61 Å². The van der Waals surface area contributed by atoms with Gasteiger partial charge in [0.2, 0.25) is 0 Å². The normalized spacial score (nSPS) is 32.0. The first-order valence-corrected chi connectivity index (χ1v) is 9.11. The van der Waals surface area contributed by atoms with Crippen LogP contribution in [0.3, 0.4) is 0 Å². The Hall–Kier alpha value is -0.541. The molecule has 1 aromatic rings. The van der Waals surface area contributed by atoms with Crippen LogP contribution < -0.4 is 10.6 Å². The molecule has 2 heterocycles. The summed E-state index contributed by atoms with van der Waals surface area (Å²) in [4.78, 5) is 31.7. The zero-order valence-electron chi connectivity index (χ0n) is 10.5. The predicted octanol–water partition coefficient (Wildman–Crippen LogP) is -2.52. The number of carbonyl (C=O) groups excluding carboxylic acids is 1. The Balaban J connectivity index is 2.08. The molecule has 5 atom stereocenters. The van der Waals surface area contributed by atoms with Crippen LogP contribution in [0.2, 0.25) is 0 Å². The van der Waals surface area contributed by atoms with E-state index in [1.807, 2.05) is 0 Å². The van der Waals surface area contributed by atoms with E-state index in [2.05, 4.69) is 4.52 Å². The number of nitrogens with two attached hydrogens (primary N) is 1. The van der Waals surface area contributed by atoms with Crippen molar-refractivity contribution in [3.8, 4) is 0 Å². The molecule has 0 radical (unpaired) electrons. The second-order valence-corrected chi connectivity index (χ2v) is 7.62. The molecule has 5 N–H and O–H groups in total. The molecule has 11 heteroatoms. The second-order valence-electron chi connectivity index (χ2n) is 4.44. The maximum absolute atomic E-state index is 11.0. The van der Waals surface area contributed by atoms with Gasteiger partial charge in [-0.2, -0.15) is 0 Å². The number of aliphatic hydroxyl groups is 2. The molecule has 21 heavy (non-hydrogen) atoms. The van der Waals surface area contributed by atoms with Crippen molar-refractivity contribution in [2.24, 2.45) is 5.73 Å². The third kappa shape index (κ3) is 4.01. The first kappa shape index (κ1) is 16.8. The van der Waals surface area contributed by atoms with Gasteiger partial charge in [0.05, 0.1) is 0 Å². The number of rotatable bonds is 5. The molecular weight excluding hydrogens is 372 g/mol. The van der Waals surface area contributed by atoms with Crippen molar-refractivity contribution >= 4 is 28.2 Å². The van der Waals surface area contributed by atoms with Gasteiger partial charge in [-0.3, -0.25) is 0 Å². The molecule has 9 nitrogen and oxygen atoms in total. The molecule has 0 bridgehead atoms. The fourth-order valence-corrected chi connectivity index (χ4v) is 4.29. The van der Waals surface area contributed by atoms with Crippen molar-refractivity contribution in [3.05, 3.63) is 21.0 Å². The number of phosphoric acid groups is 1. The Kier molecular flexibility index (Phi) is 5.04. The Morgan fingerprint density at radius 1 is 1.52 bits per heavy atom. The van der Waals surface area contributed by atoms with Gasteiger partial charge in [-0.15, -0.1) is 0 Å². The third-order valence-corrected chi connectivity index (χ3v) is 5.51. The molecule has 0 aliphatic carbocycles. The Morgan fingerprint density at radius 2 is 2.19 bits per heavy atom. The van der Waals surface area contributed by atoms with E-state index in [9.17, 15) is 24.5 Å². The van der Waals surface area contributed by atoms with Crippen LogP contribution >= 0.6 is 7.82 Å². The van der Waals surface area contributed by atoms with Gasteiger partial charge in [-0.1, -0.05) is 0 Å². The summed E-state index contributed by atoms with van der Waals surface area (Å²) >= 11 is -0.268. The first-order chi connectivity index (χ1) is 9.69. The van der Waals surface area contributed by atoms with Gasteiger partial charge in [0.1, 0.15) is 0 Å². The first-order valence-electron chi connectivity index (χ1n) is 5.77. The van der Waals surface area contributed by atoms with E-state index >= 15 is 0 Å². The number of ether oxygens (including phenoxy) is 1. The molecule has 0 aromatic carbocycles. The number of phosphoric ester groups is 1. The van der Waals surface area contributed by atoms with Crippen LogP contribution in [0.1, 0.15) is 20.9 Å². The molecule has 1 fully saturated rings. The van der Waals surface area contributed by atoms with Gasteiger partial charge < -0.3 is 0 Å². The monoisotopic (exact) mass is 386 g/mol. The predicted molar refractivity (Wildman–Crippen MR) is 67.3 cm³/mol. The van der Waals surface area contributed by atoms with Gasteiger partial charge >= 0.3 is 125 Å². The molecule has 1 saturated heterocycles. The quantitative estimate of drug-likeness (QED) is 0.319. The van der Waals surface area contributed by atoms with Gasteiger partial charge in [-0.25, -0.2) is 0 Å². The van der Waals surface area contributed by atoms with Gasteiger partial charge in [0, 0.05) is 0 Å². The van der Waals surface area contributed by atoms with Crippen molar-refractivity contribution in [3.63, 3.8) is 0 Å². The van der Waals surface area contributed by atoms with Crippen LogP contribution in [-0.4, -0.2) is 60.4 Å². The van der Waals surface area contributed by atoms with Gasteiger partial charge in [-0.05, 0) is 0 Å². The zero-order chi connectivity index (χ0) is 15.8. The molecule has 0 saturated carbocycles. The summed E-state index contributed by atoms with van der Waals surface area (Å²) in [5.74, 6) is -0.604. The van der Waals surface area contributed by atoms with Crippen molar-refractivity contribution in [2.45, 2.75) is 24.4 Å². The number of amides is 1. The summed E-state index contributed by atoms with van der Waals surface area (Å²) in [5.41, 5.74) is 5.44. The second kappa shape index (κ2) is 6.29. The standard InChI is InChI=1S/C10H14NO8PSe/c11-10(14)4-1-6(21-3-4)9-8(13)7(12)5(19-9)2-18-20(15,16)17/h1,3,5,7-9,12-13H,2H2,(H2,11,14)(H2,15,16,17)/p-1/t5-,7-,8-,9+/m1/s1. The molecular formula is C10H13NO8PSe-. The summed E-state index contributed by atoms with van der Waals surface area (Å²) in [6.07, 6.45) is -4.67. The Morgan fingerprint density at radius 3 is 2.71 bits per heavy atom. The Bertz CT molecular complexity index is 571. The summed E-state index contributed by atoms with van der Waals surface area (Å²) < 4.78 is 20.6. The van der Waals surface area contributed by atoms with Crippen LogP contribution in [0.5, 0.6) is 0 Å². The molecule has 1 aliphatic heterocycles. The molecule has 1 unspecified atom stereocenters. The molecule has 1 amide bonds. The summed E-state index contributed by atoms with van der Waals surface area (Å²) in [7, 11) is -4.94. The van der Waals surface area contributed by atoms with Crippen LogP contribution in [-0.2, 0) is 13.8 Å². The number of primary amides is 1. The van der Waals surface area contributed by atoms with Crippen LogP contribution in [0, 0.1) is 0 Å². The minimum atomic E-state index is -4.94. The number of carbonyl (C=O) groups is 1. The van der Waals surface area contributed by atoms with Crippen molar-refractivity contribution in [1.82, 2.24) is 0 Å². The molecule has 118 valence electrons. The third-order valence-electron chi connectivity index (χ3n) is 2.95. The molecule has 0 spiro atoms. The summed E-state index contributed by atoms with van der Waals surface area (Å²) in [6.45, 7) is -0.623. The number of aliphatic hydroxyl groups excluding tert-OH is 2. The van der Waals surface area contributed by atoms with Crippen LogP contribution in [0.15, 0.2) is 11.0 Å². The van der Waals surface area contributed by atoms with E-state index in [-0.39, 0.29) is 14.5 Å². The molecule has 1 aliphatic rings. The van der Waals surface area contributed by atoms with Gasteiger partial charge in [0.25, 0.3) is 0 Å². The van der Waals surface area contributed by atoms with E-state index in [1.54, 1.807) is 4.94 Å². The average molecular weight is 385 g/mol. The van der Waals surface area contributed by atoms with E-state index in [1.165, 1.54) is 6.07 Å². The van der Waals surface area contributed by atoms with Crippen LogP contribution in [0.25, 0.3) is 0 Å². The average Bonchev–Trinajstić information content (AvgIpc) is 2.94. The minimum absolute atomic E-state index is 0.268. The molecule has 1 aromatic heterocycles. The SMILES string of the molecule is NC(=O)c1c[se]c([C@@H]2O[C@H](COP(=O)([O-])O)[C@@H](O)[C@H]2O)c1. The number of hydrogen-bond donors (Lipinski definition) is 4. The van der Waals surface area contributed by atoms with E-state index < -0.39 is 44.8 Å². The fraction of sp³-hybridized carbons (Fsp3) is 0.500. The van der Waals surface area contributed by atoms with Crippen LogP contribution in [0.4, 0.5) is 0 Å².